The smallest absolute Gasteiger partial charge is 0.265 e. The predicted octanol–water partition coefficient (Wildman–Crippen LogP) is 2.86. The van der Waals surface area contributed by atoms with Gasteiger partial charge >= 0.3 is 0 Å². The van der Waals surface area contributed by atoms with E-state index in [1.807, 2.05) is 6.92 Å². The number of nitrogens with zero attached hydrogens (tertiary/aromatic N) is 1. The van der Waals surface area contributed by atoms with Gasteiger partial charge in [-0.1, -0.05) is 13.8 Å². The molecule has 4 heteroatoms. The van der Waals surface area contributed by atoms with Crippen molar-refractivity contribution in [2.75, 3.05) is 5.73 Å². The van der Waals surface area contributed by atoms with Crippen molar-refractivity contribution in [1.82, 2.24) is 4.57 Å². The number of nitrogen functional groups attached to an aromatic ring is 1. The van der Waals surface area contributed by atoms with Gasteiger partial charge in [-0.2, -0.15) is 0 Å². The van der Waals surface area contributed by atoms with Crippen LogP contribution in [0.25, 0.3) is 0 Å². The van der Waals surface area contributed by atoms with E-state index in [1.165, 1.54) is 0 Å². The third-order valence-corrected chi connectivity index (χ3v) is 3.73. The summed E-state index contributed by atoms with van der Waals surface area (Å²) in [6, 6.07) is 0.233. The molecule has 84 valence electrons. The van der Waals surface area contributed by atoms with E-state index in [-0.39, 0.29) is 11.6 Å². The van der Waals surface area contributed by atoms with Crippen LogP contribution in [0.5, 0.6) is 0 Å². The first-order chi connectivity index (χ1) is 7.02. The Labute approximate surface area is 98.4 Å². The van der Waals surface area contributed by atoms with Gasteiger partial charge in [0.1, 0.15) is 0 Å². The molecule has 15 heavy (non-hydrogen) atoms. The fraction of sp³-hybridized carbons (Fsp3) is 0.545. The second-order valence-electron chi connectivity index (χ2n) is 3.71. The lowest BCUT2D eigenvalue weighted by atomic mass is 10.1. The molecular formula is C11H17BrN2O. The molecule has 0 unspecified atom stereocenters. The average Bonchev–Trinajstić information content (AvgIpc) is 2.24. The molecule has 1 heterocycles. The van der Waals surface area contributed by atoms with Gasteiger partial charge in [0.2, 0.25) is 0 Å². The molecule has 1 rings (SSSR count). The summed E-state index contributed by atoms with van der Waals surface area (Å²) in [5.74, 6) is 0. The Morgan fingerprint density at radius 2 is 2.00 bits per heavy atom. The van der Waals surface area contributed by atoms with E-state index in [4.69, 9.17) is 5.73 Å². The van der Waals surface area contributed by atoms with Crippen molar-refractivity contribution < 1.29 is 0 Å². The molecule has 0 spiro atoms. The monoisotopic (exact) mass is 272 g/mol. The number of anilines is 1. The Kier molecular flexibility index (Phi) is 3.97. The van der Waals surface area contributed by atoms with E-state index >= 15 is 0 Å². The zero-order chi connectivity index (χ0) is 11.6. The molecule has 0 bridgehead atoms. The quantitative estimate of drug-likeness (QED) is 0.920. The number of hydrogen-bond donors (Lipinski definition) is 1. The molecule has 0 aliphatic carbocycles. The Morgan fingerprint density at radius 3 is 2.47 bits per heavy atom. The number of hydrogen-bond acceptors (Lipinski definition) is 2. The molecule has 1 aromatic rings. The van der Waals surface area contributed by atoms with Crippen molar-refractivity contribution in [3.63, 3.8) is 0 Å². The first kappa shape index (κ1) is 12.3. The fourth-order valence-corrected chi connectivity index (χ4v) is 2.09. The maximum atomic E-state index is 12.0. The number of nitrogens with two attached hydrogens (primary N) is 1. The first-order valence-corrected chi connectivity index (χ1v) is 5.98. The number of halogens is 1. The van der Waals surface area contributed by atoms with Gasteiger partial charge in [-0.15, -0.1) is 0 Å². The normalized spacial score (nSPS) is 11.0. The maximum absolute atomic E-state index is 12.0. The molecule has 0 aliphatic heterocycles. The molecule has 0 aromatic carbocycles. The van der Waals surface area contributed by atoms with Gasteiger partial charge in [0.15, 0.2) is 0 Å². The third-order valence-electron chi connectivity index (χ3n) is 2.80. The highest BCUT2D eigenvalue weighted by Gasteiger charge is 2.13. The second kappa shape index (κ2) is 4.84. The van der Waals surface area contributed by atoms with Crippen LogP contribution >= 0.6 is 15.9 Å². The predicted molar refractivity (Wildman–Crippen MR) is 67.2 cm³/mol. The Morgan fingerprint density at radius 1 is 1.47 bits per heavy atom. The van der Waals surface area contributed by atoms with Crippen LogP contribution in [0.2, 0.25) is 0 Å². The molecule has 0 amide bonds. The average molecular weight is 273 g/mol. The minimum atomic E-state index is 0.00963. The summed E-state index contributed by atoms with van der Waals surface area (Å²) >= 11 is 3.29. The Hall–Kier alpha value is -0.770. The van der Waals surface area contributed by atoms with Crippen LogP contribution < -0.4 is 11.3 Å². The van der Waals surface area contributed by atoms with E-state index < -0.39 is 0 Å². The van der Waals surface area contributed by atoms with Gasteiger partial charge in [-0.3, -0.25) is 4.79 Å². The SMILES string of the molecule is CCC(CC)n1cc(N)c(C)c(Br)c1=O. The van der Waals surface area contributed by atoms with Crippen LogP contribution in [-0.4, -0.2) is 4.57 Å². The van der Waals surface area contributed by atoms with Crippen LogP contribution in [0.1, 0.15) is 38.3 Å². The topological polar surface area (TPSA) is 48.0 Å². The molecule has 0 radical (unpaired) electrons. The van der Waals surface area contributed by atoms with Gasteiger partial charge < -0.3 is 10.3 Å². The largest absolute Gasteiger partial charge is 0.397 e. The highest BCUT2D eigenvalue weighted by atomic mass is 79.9. The number of rotatable bonds is 3. The molecule has 1 aromatic heterocycles. The van der Waals surface area contributed by atoms with Crippen molar-refractivity contribution >= 4 is 21.6 Å². The zero-order valence-electron chi connectivity index (χ0n) is 9.38. The first-order valence-electron chi connectivity index (χ1n) is 5.19. The second-order valence-corrected chi connectivity index (χ2v) is 4.50. The number of pyridine rings is 1. The zero-order valence-corrected chi connectivity index (χ0v) is 11.0. The van der Waals surface area contributed by atoms with Crippen LogP contribution in [0.4, 0.5) is 5.69 Å². The molecule has 0 saturated heterocycles. The minimum absolute atomic E-state index is 0.00963. The van der Waals surface area contributed by atoms with E-state index in [9.17, 15) is 4.79 Å². The molecule has 0 atom stereocenters. The Bertz CT molecular complexity index is 408. The maximum Gasteiger partial charge on any atom is 0.265 e. The standard InChI is InChI=1S/C11H17BrN2O/c1-4-8(5-2)14-6-9(13)7(3)10(12)11(14)15/h6,8H,4-5,13H2,1-3H3. The molecule has 0 fully saturated rings. The summed E-state index contributed by atoms with van der Waals surface area (Å²) in [6.07, 6.45) is 3.62. The van der Waals surface area contributed by atoms with Gasteiger partial charge in [-0.05, 0) is 41.3 Å². The van der Waals surface area contributed by atoms with Crippen molar-refractivity contribution in [2.24, 2.45) is 0 Å². The van der Waals surface area contributed by atoms with E-state index in [0.29, 0.717) is 10.2 Å². The van der Waals surface area contributed by atoms with Crippen LogP contribution in [0, 0.1) is 6.92 Å². The molecule has 2 N–H and O–H groups in total. The highest BCUT2D eigenvalue weighted by molar-refractivity contribution is 9.10. The molecular weight excluding hydrogens is 256 g/mol. The Balaban J connectivity index is 3.38. The van der Waals surface area contributed by atoms with Crippen LogP contribution in [0.3, 0.4) is 0 Å². The van der Waals surface area contributed by atoms with Crippen LogP contribution in [0.15, 0.2) is 15.5 Å². The summed E-state index contributed by atoms with van der Waals surface area (Å²) < 4.78 is 2.31. The lowest BCUT2D eigenvalue weighted by Gasteiger charge is -2.18. The summed E-state index contributed by atoms with van der Waals surface area (Å²) in [5.41, 5.74) is 7.34. The van der Waals surface area contributed by atoms with Crippen molar-refractivity contribution in [3.8, 4) is 0 Å². The van der Waals surface area contributed by atoms with Gasteiger partial charge in [0.25, 0.3) is 5.56 Å². The van der Waals surface area contributed by atoms with Crippen molar-refractivity contribution in [2.45, 2.75) is 39.7 Å². The lowest BCUT2D eigenvalue weighted by Crippen LogP contribution is -2.25. The van der Waals surface area contributed by atoms with Crippen molar-refractivity contribution in [1.29, 1.82) is 0 Å². The summed E-state index contributed by atoms with van der Waals surface area (Å²) in [4.78, 5) is 12.0. The molecule has 0 saturated carbocycles. The van der Waals surface area contributed by atoms with E-state index in [1.54, 1.807) is 10.8 Å². The fourth-order valence-electron chi connectivity index (χ4n) is 1.66. The van der Waals surface area contributed by atoms with Gasteiger partial charge in [-0.25, -0.2) is 0 Å². The summed E-state index contributed by atoms with van der Waals surface area (Å²) in [6.45, 7) is 5.99. The van der Waals surface area contributed by atoms with E-state index in [0.717, 1.165) is 18.4 Å². The van der Waals surface area contributed by atoms with Gasteiger partial charge in [0.05, 0.1) is 10.2 Å². The third kappa shape index (κ3) is 2.25. The van der Waals surface area contributed by atoms with Crippen LogP contribution in [-0.2, 0) is 0 Å². The lowest BCUT2D eigenvalue weighted by molar-refractivity contribution is 0.457. The molecule has 0 aliphatic rings. The molecule has 3 nitrogen and oxygen atoms in total. The summed E-state index contributed by atoms with van der Waals surface area (Å²) in [7, 11) is 0. The van der Waals surface area contributed by atoms with Gasteiger partial charge in [0, 0.05) is 12.2 Å². The summed E-state index contributed by atoms with van der Waals surface area (Å²) in [5, 5.41) is 0. The number of aromatic nitrogens is 1. The minimum Gasteiger partial charge on any atom is -0.397 e. The highest BCUT2D eigenvalue weighted by Crippen LogP contribution is 2.21. The van der Waals surface area contributed by atoms with Crippen molar-refractivity contribution in [3.05, 3.63) is 26.6 Å². The van der Waals surface area contributed by atoms with E-state index in [2.05, 4.69) is 29.8 Å².